The molecule has 0 bridgehead atoms. The number of ether oxygens (including phenoxy) is 1. The molecular formula is C24H32N2O3. The molecule has 0 saturated carbocycles. The van der Waals surface area contributed by atoms with Gasteiger partial charge in [-0.05, 0) is 38.3 Å². The molecule has 1 N–H and O–H groups in total. The van der Waals surface area contributed by atoms with Gasteiger partial charge in [-0.3, -0.25) is 9.59 Å². The van der Waals surface area contributed by atoms with E-state index in [1.165, 1.54) is 0 Å². The Morgan fingerprint density at radius 3 is 2.10 bits per heavy atom. The van der Waals surface area contributed by atoms with Crippen molar-refractivity contribution in [3.05, 3.63) is 71.8 Å². The zero-order valence-electron chi connectivity index (χ0n) is 17.6. The Morgan fingerprint density at radius 1 is 0.931 bits per heavy atom. The van der Waals surface area contributed by atoms with Gasteiger partial charge in [-0.15, -0.1) is 0 Å². The zero-order chi connectivity index (χ0) is 21.1. The molecule has 0 spiro atoms. The number of benzene rings is 2. The Labute approximate surface area is 174 Å². The fourth-order valence-corrected chi connectivity index (χ4v) is 2.99. The highest BCUT2D eigenvalue weighted by molar-refractivity contribution is 5.88. The summed E-state index contributed by atoms with van der Waals surface area (Å²) in [6.07, 6.45) is 1.20. The number of amides is 2. The first-order valence-electron chi connectivity index (χ1n) is 10.2. The van der Waals surface area contributed by atoms with Gasteiger partial charge < -0.3 is 15.0 Å². The first-order valence-corrected chi connectivity index (χ1v) is 10.2. The van der Waals surface area contributed by atoms with Gasteiger partial charge in [-0.25, -0.2) is 0 Å². The molecule has 0 aliphatic carbocycles. The lowest BCUT2D eigenvalue weighted by molar-refractivity contribution is -0.140. The predicted octanol–water partition coefficient (Wildman–Crippen LogP) is 3.58. The van der Waals surface area contributed by atoms with Gasteiger partial charge in [0.15, 0.2) is 0 Å². The third-order valence-corrected chi connectivity index (χ3v) is 4.63. The van der Waals surface area contributed by atoms with Crippen LogP contribution in [0.3, 0.4) is 0 Å². The van der Waals surface area contributed by atoms with Crippen LogP contribution in [-0.4, -0.2) is 42.0 Å². The fraction of sp³-hybridized carbons (Fsp3) is 0.417. The highest BCUT2D eigenvalue weighted by Gasteiger charge is 2.25. The average Bonchev–Trinajstić information content (AvgIpc) is 2.72. The topological polar surface area (TPSA) is 58.6 Å². The Kier molecular flexibility index (Phi) is 9.38. The van der Waals surface area contributed by atoms with Crippen LogP contribution >= 0.6 is 0 Å². The van der Waals surface area contributed by atoms with E-state index in [9.17, 15) is 9.59 Å². The minimum atomic E-state index is -0.558. The van der Waals surface area contributed by atoms with Crippen molar-refractivity contribution in [1.29, 1.82) is 0 Å². The van der Waals surface area contributed by atoms with E-state index in [0.29, 0.717) is 19.7 Å². The van der Waals surface area contributed by atoms with Gasteiger partial charge in [-0.2, -0.15) is 0 Å². The van der Waals surface area contributed by atoms with E-state index >= 15 is 0 Å². The number of rotatable bonds is 11. The second kappa shape index (κ2) is 12.0. The minimum Gasteiger partial charge on any atom is -0.379 e. The summed E-state index contributed by atoms with van der Waals surface area (Å²) >= 11 is 0. The van der Waals surface area contributed by atoms with Gasteiger partial charge in [0.25, 0.3) is 0 Å². The summed E-state index contributed by atoms with van der Waals surface area (Å²) in [5, 5.41) is 2.93. The van der Waals surface area contributed by atoms with E-state index in [4.69, 9.17) is 4.74 Å². The average molecular weight is 397 g/mol. The van der Waals surface area contributed by atoms with Crippen molar-refractivity contribution in [2.24, 2.45) is 0 Å². The van der Waals surface area contributed by atoms with Crippen LogP contribution in [-0.2, 0) is 27.3 Å². The standard InChI is InChI=1S/C24H32N2O3/c1-19(2)29-16-10-15-25-24(28)20(3)26(18-22-13-8-5-9-14-22)23(27)17-21-11-6-4-7-12-21/h4-9,11-14,19-20H,10,15-18H2,1-3H3,(H,25,28). The van der Waals surface area contributed by atoms with Gasteiger partial charge in [0, 0.05) is 19.7 Å². The molecule has 1 unspecified atom stereocenters. The normalized spacial score (nSPS) is 11.9. The van der Waals surface area contributed by atoms with Crippen LogP contribution in [0.2, 0.25) is 0 Å². The number of carbonyl (C=O) groups excluding carboxylic acids is 2. The van der Waals surface area contributed by atoms with Crippen molar-refractivity contribution in [1.82, 2.24) is 10.2 Å². The number of nitrogens with zero attached hydrogens (tertiary/aromatic N) is 1. The third-order valence-electron chi connectivity index (χ3n) is 4.63. The van der Waals surface area contributed by atoms with Crippen molar-refractivity contribution >= 4 is 11.8 Å². The predicted molar refractivity (Wildman–Crippen MR) is 115 cm³/mol. The Balaban J connectivity index is 2.01. The maximum absolute atomic E-state index is 13.0. The molecule has 2 rings (SSSR count). The Hall–Kier alpha value is -2.66. The quantitative estimate of drug-likeness (QED) is 0.591. The number of nitrogens with one attached hydrogen (secondary N) is 1. The minimum absolute atomic E-state index is 0.0640. The van der Waals surface area contributed by atoms with Crippen LogP contribution in [0.15, 0.2) is 60.7 Å². The second-order valence-corrected chi connectivity index (χ2v) is 7.41. The molecular weight excluding hydrogens is 364 g/mol. The molecule has 0 heterocycles. The molecule has 5 nitrogen and oxygen atoms in total. The van der Waals surface area contributed by atoms with E-state index in [0.717, 1.165) is 17.5 Å². The summed E-state index contributed by atoms with van der Waals surface area (Å²) in [5.41, 5.74) is 1.94. The van der Waals surface area contributed by atoms with E-state index in [-0.39, 0.29) is 24.3 Å². The van der Waals surface area contributed by atoms with Crippen LogP contribution in [0.1, 0.15) is 38.3 Å². The summed E-state index contributed by atoms with van der Waals surface area (Å²) in [6.45, 7) is 7.29. The molecule has 0 aliphatic heterocycles. The van der Waals surface area contributed by atoms with Crippen LogP contribution < -0.4 is 5.32 Å². The van der Waals surface area contributed by atoms with Gasteiger partial charge >= 0.3 is 0 Å². The summed E-state index contributed by atoms with van der Waals surface area (Å²) in [6, 6.07) is 18.8. The van der Waals surface area contributed by atoms with Crippen LogP contribution in [0, 0.1) is 0 Å². The number of carbonyl (C=O) groups is 2. The summed E-state index contributed by atoms with van der Waals surface area (Å²) in [5.74, 6) is -0.210. The SMILES string of the molecule is CC(C)OCCCNC(=O)C(C)N(Cc1ccccc1)C(=O)Cc1ccccc1. The highest BCUT2D eigenvalue weighted by atomic mass is 16.5. The zero-order valence-corrected chi connectivity index (χ0v) is 17.6. The smallest absolute Gasteiger partial charge is 0.242 e. The van der Waals surface area contributed by atoms with E-state index in [1.54, 1.807) is 11.8 Å². The van der Waals surface area contributed by atoms with E-state index in [1.807, 2.05) is 74.5 Å². The molecule has 2 aromatic rings. The molecule has 2 aromatic carbocycles. The molecule has 5 heteroatoms. The third kappa shape index (κ3) is 8.08. The van der Waals surface area contributed by atoms with Crippen molar-refractivity contribution in [3.8, 4) is 0 Å². The maximum Gasteiger partial charge on any atom is 0.242 e. The maximum atomic E-state index is 13.0. The Morgan fingerprint density at radius 2 is 1.52 bits per heavy atom. The van der Waals surface area contributed by atoms with Gasteiger partial charge in [0.1, 0.15) is 6.04 Å². The molecule has 29 heavy (non-hydrogen) atoms. The first kappa shape index (κ1) is 22.6. The summed E-state index contributed by atoms with van der Waals surface area (Å²) in [7, 11) is 0. The lowest BCUT2D eigenvalue weighted by Gasteiger charge is -2.29. The molecule has 156 valence electrons. The lowest BCUT2D eigenvalue weighted by atomic mass is 10.1. The summed E-state index contributed by atoms with van der Waals surface area (Å²) < 4.78 is 5.50. The van der Waals surface area contributed by atoms with E-state index < -0.39 is 6.04 Å². The lowest BCUT2D eigenvalue weighted by Crippen LogP contribution is -2.48. The van der Waals surface area contributed by atoms with Gasteiger partial charge in [0.05, 0.1) is 12.5 Å². The van der Waals surface area contributed by atoms with Gasteiger partial charge in [0.2, 0.25) is 11.8 Å². The fourth-order valence-electron chi connectivity index (χ4n) is 2.99. The van der Waals surface area contributed by atoms with Crippen LogP contribution in [0.5, 0.6) is 0 Å². The molecule has 0 fully saturated rings. The number of hydrogen-bond donors (Lipinski definition) is 1. The molecule has 0 radical (unpaired) electrons. The first-order chi connectivity index (χ1) is 14.0. The van der Waals surface area contributed by atoms with Gasteiger partial charge in [-0.1, -0.05) is 60.7 Å². The molecule has 0 aromatic heterocycles. The Bertz CT molecular complexity index is 747. The largest absolute Gasteiger partial charge is 0.379 e. The van der Waals surface area contributed by atoms with Crippen molar-refractivity contribution < 1.29 is 14.3 Å². The van der Waals surface area contributed by atoms with Crippen LogP contribution in [0.4, 0.5) is 0 Å². The second-order valence-electron chi connectivity index (χ2n) is 7.41. The highest BCUT2D eigenvalue weighted by Crippen LogP contribution is 2.12. The monoisotopic (exact) mass is 396 g/mol. The molecule has 0 saturated heterocycles. The van der Waals surface area contributed by atoms with Crippen LogP contribution in [0.25, 0.3) is 0 Å². The summed E-state index contributed by atoms with van der Waals surface area (Å²) in [4.78, 5) is 27.4. The molecule has 0 aliphatic rings. The number of hydrogen-bond acceptors (Lipinski definition) is 3. The van der Waals surface area contributed by atoms with E-state index in [2.05, 4.69) is 5.32 Å². The molecule has 1 atom stereocenters. The van der Waals surface area contributed by atoms with Crippen molar-refractivity contribution in [2.75, 3.05) is 13.2 Å². The molecule has 2 amide bonds. The van der Waals surface area contributed by atoms with Crippen molar-refractivity contribution in [2.45, 2.75) is 52.3 Å². The van der Waals surface area contributed by atoms with Crippen molar-refractivity contribution in [3.63, 3.8) is 0 Å².